The lowest BCUT2D eigenvalue weighted by Gasteiger charge is -2.06. The first-order valence-electron chi connectivity index (χ1n) is 6.46. The normalized spacial score (nSPS) is 10.6. The van der Waals surface area contributed by atoms with Gasteiger partial charge in [0.2, 0.25) is 0 Å². The molecule has 0 fully saturated rings. The Morgan fingerprint density at radius 1 is 1.35 bits per heavy atom. The van der Waals surface area contributed by atoms with Crippen molar-refractivity contribution in [2.24, 2.45) is 0 Å². The molecule has 0 atom stereocenters. The smallest absolute Gasteiger partial charge is 0.308 e. The SMILES string of the molecule is Cc1cc(C)n(CCC(=O)OCc2cccc(Cl)c2)n1. The summed E-state index contributed by atoms with van der Waals surface area (Å²) in [7, 11) is 0. The third-order valence-corrected chi connectivity index (χ3v) is 3.16. The van der Waals surface area contributed by atoms with Gasteiger partial charge in [-0.2, -0.15) is 5.10 Å². The average molecular weight is 293 g/mol. The topological polar surface area (TPSA) is 44.1 Å². The largest absolute Gasteiger partial charge is 0.461 e. The molecule has 2 aromatic rings. The number of ether oxygens (including phenoxy) is 1. The van der Waals surface area contributed by atoms with Gasteiger partial charge in [0.15, 0.2) is 0 Å². The van der Waals surface area contributed by atoms with Crippen LogP contribution in [0.4, 0.5) is 0 Å². The number of aromatic nitrogens is 2. The number of halogens is 1. The van der Waals surface area contributed by atoms with Crippen LogP contribution in [-0.4, -0.2) is 15.7 Å². The Balaban J connectivity index is 1.80. The van der Waals surface area contributed by atoms with E-state index < -0.39 is 0 Å². The molecule has 0 aliphatic heterocycles. The molecule has 0 aliphatic rings. The second-order valence-corrected chi connectivity index (χ2v) is 5.13. The van der Waals surface area contributed by atoms with Crippen LogP contribution in [0.3, 0.4) is 0 Å². The van der Waals surface area contributed by atoms with Crippen molar-refractivity contribution in [1.29, 1.82) is 0 Å². The molecule has 0 N–H and O–H groups in total. The maximum Gasteiger partial charge on any atom is 0.308 e. The van der Waals surface area contributed by atoms with Gasteiger partial charge in [-0.3, -0.25) is 9.48 Å². The van der Waals surface area contributed by atoms with Crippen molar-refractivity contribution < 1.29 is 9.53 Å². The van der Waals surface area contributed by atoms with E-state index in [9.17, 15) is 4.79 Å². The number of esters is 1. The highest BCUT2D eigenvalue weighted by Crippen LogP contribution is 2.12. The quantitative estimate of drug-likeness (QED) is 0.794. The third kappa shape index (κ3) is 4.10. The van der Waals surface area contributed by atoms with Gasteiger partial charge in [0.1, 0.15) is 6.61 Å². The van der Waals surface area contributed by atoms with Gasteiger partial charge in [0.25, 0.3) is 0 Å². The number of aryl methyl sites for hydroxylation is 3. The molecule has 0 aliphatic carbocycles. The van der Waals surface area contributed by atoms with Crippen molar-refractivity contribution in [2.45, 2.75) is 33.4 Å². The summed E-state index contributed by atoms with van der Waals surface area (Å²) in [5.74, 6) is -0.238. The van der Waals surface area contributed by atoms with Crippen molar-refractivity contribution in [3.05, 3.63) is 52.3 Å². The van der Waals surface area contributed by atoms with Gasteiger partial charge in [-0.05, 0) is 37.6 Å². The van der Waals surface area contributed by atoms with E-state index >= 15 is 0 Å². The van der Waals surface area contributed by atoms with E-state index in [1.807, 2.05) is 36.7 Å². The molecule has 0 saturated carbocycles. The van der Waals surface area contributed by atoms with Gasteiger partial charge >= 0.3 is 5.97 Å². The van der Waals surface area contributed by atoms with Crippen molar-refractivity contribution in [3.8, 4) is 0 Å². The maximum absolute atomic E-state index is 11.7. The highest BCUT2D eigenvalue weighted by Gasteiger charge is 2.07. The summed E-state index contributed by atoms with van der Waals surface area (Å²) < 4.78 is 7.03. The van der Waals surface area contributed by atoms with Crippen molar-refractivity contribution >= 4 is 17.6 Å². The Bertz CT molecular complexity index is 608. The predicted octanol–water partition coefficient (Wildman–Crippen LogP) is 3.29. The number of carbonyl (C=O) groups excluding carboxylic acids is 1. The lowest BCUT2D eigenvalue weighted by Crippen LogP contribution is -2.11. The fraction of sp³-hybridized carbons (Fsp3) is 0.333. The van der Waals surface area contributed by atoms with Crippen molar-refractivity contribution in [1.82, 2.24) is 9.78 Å². The van der Waals surface area contributed by atoms with Crippen LogP contribution >= 0.6 is 11.6 Å². The molecule has 0 spiro atoms. The minimum absolute atomic E-state index is 0.238. The van der Waals surface area contributed by atoms with E-state index in [0.717, 1.165) is 17.0 Å². The Morgan fingerprint density at radius 3 is 2.80 bits per heavy atom. The minimum atomic E-state index is -0.238. The second-order valence-electron chi connectivity index (χ2n) is 4.69. The second kappa shape index (κ2) is 6.57. The molecule has 0 amide bonds. The van der Waals surface area contributed by atoms with Crippen LogP contribution in [-0.2, 0) is 22.7 Å². The van der Waals surface area contributed by atoms with Gasteiger partial charge in [-0.25, -0.2) is 0 Å². The zero-order valence-electron chi connectivity index (χ0n) is 11.6. The number of hydrogen-bond acceptors (Lipinski definition) is 3. The number of carbonyl (C=O) groups is 1. The molecule has 0 bridgehead atoms. The fourth-order valence-electron chi connectivity index (χ4n) is 1.96. The molecule has 106 valence electrons. The summed E-state index contributed by atoms with van der Waals surface area (Å²) in [5.41, 5.74) is 2.89. The molecular formula is C15H17ClN2O2. The standard InChI is InChI=1S/C15H17ClN2O2/c1-11-8-12(2)18(17-11)7-6-15(19)20-10-13-4-3-5-14(16)9-13/h3-5,8-9H,6-7,10H2,1-2H3. The Morgan fingerprint density at radius 2 is 2.15 bits per heavy atom. The number of hydrogen-bond donors (Lipinski definition) is 0. The first kappa shape index (κ1) is 14.6. The Hall–Kier alpha value is -1.81. The summed E-state index contributed by atoms with van der Waals surface area (Å²) >= 11 is 5.87. The summed E-state index contributed by atoms with van der Waals surface area (Å²) in [6.45, 7) is 4.68. The summed E-state index contributed by atoms with van der Waals surface area (Å²) in [5, 5.41) is 4.94. The molecule has 1 aromatic carbocycles. The van der Waals surface area contributed by atoms with E-state index in [1.54, 1.807) is 12.1 Å². The summed E-state index contributed by atoms with van der Waals surface area (Å²) in [6, 6.07) is 9.27. The fourth-order valence-corrected chi connectivity index (χ4v) is 2.17. The molecule has 4 nitrogen and oxygen atoms in total. The zero-order valence-corrected chi connectivity index (χ0v) is 12.4. The minimum Gasteiger partial charge on any atom is -0.461 e. The first-order chi connectivity index (χ1) is 9.54. The zero-order chi connectivity index (χ0) is 14.5. The van der Waals surface area contributed by atoms with Crippen molar-refractivity contribution in [3.63, 3.8) is 0 Å². The molecular weight excluding hydrogens is 276 g/mol. The van der Waals surface area contributed by atoms with E-state index in [2.05, 4.69) is 5.10 Å². The summed E-state index contributed by atoms with van der Waals surface area (Å²) in [4.78, 5) is 11.7. The van der Waals surface area contributed by atoms with Crippen LogP contribution in [0.15, 0.2) is 30.3 Å². The summed E-state index contributed by atoms with van der Waals surface area (Å²) in [6.07, 6.45) is 0.308. The number of rotatable bonds is 5. The van der Waals surface area contributed by atoms with E-state index in [-0.39, 0.29) is 12.6 Å². The van der Waals surface area contributed by atoms with Gasteiger partial charge in [0.05, 0.1) is 18.7 Å². The average Bonchev–Trinajstić information content (AvgIpc) is 2.72. The van der Waals surface area contributed by atoms with Crippen LogP contribution in [0.25, 0.3) is 0 Å². The highest BCUT2D eigenvalue weighted by molar-refractivity contribution is 6.30. The van der Waals surface area contributed by atoms with E-state index in [0.29, 0.717) is 18.0 Å². The molecule has 0 radical (unpaired) electrons. The Labute approximate surface area is 123 Å². The van der Waals surface area contributed by atoms with Gasteiger partial charge < -0.3 is 4.74 Å². The van der Waals surface area contributed by atoms with Crippen LogP contribution in [0.2, 0.25) is 5.02 Å². The predicted molar refractivity (Wildman–Crippen MR) is 77.6 cm³/mol. The van der Waals surface area contributed by atoms with Crippen LogP contribution in [0, 0.1) is 13.8 Å². The van der Waals surface area contributed by atoms with E-state index in [4.69, 9.17) is 16.3 Å². The number of benzene rings is 1. The van der Waals surface area contributed by atoms with Gasteiger partial charge in [0, 0.05) is 10.7 Å². The molecule has 1 aromatic heterocycles. The van der Waals surface area contributed by atoms with Crippen LogP contribution in [0.1, 0.15) is 23.4 Å². The monoisotopic (exact) mass is 292 g/mol. The third-order valence-electron chi connectivity index (χ3n) is 2.92. The lowest BCUT2D eigenvalue weighted by molar-refractivity contribution is -0.145. The van der Waals surface area contributed by atoms with Crippen LogP contribution < -0.4 is 0 Å². The molecule has 5 heteroatoms. The molecule has 0 unspecified atom stereocenters. The first-order valence-corrected chi connectivity index (χ1v) is 6.83. The molecule has 1 heterocycles. The highest BCUT2D eigenvalue weighted by atomic mass is 35.5. The maximum atomic E-state index is 11.7. The lowest BCUT2D eigenvalue weighted by atomic mass is 10.2. The molecule has 2 rings (SSSR count). The number of nitrogens with zero attached hydrogens (tertiary/aromatic N) is 2. The van der Waals surface area contributed by atoms with Gasteiger partial charge in [-0.1, -0.05) is 23.7 Å². The van der Waals surface area contributed by atoms with Gasteiger partial charge in [-0.15, -0.1) is 0 Å². The van der Waals surface area contributed by atoms with Crippen LogP contribution in [0.5, 0.6) is 0 Å². The van der Waals surface area contributed by atoms with E-state index in [1.165, 1.54) is 0 Å². The molecule has 0 saturated heterocycles. The van der Waals surface area contributed by atoms with Crippen molar-refractivity contribution in [2.75, 3.05) is 0 Å². The molecule has 20 heavy (non-hydrogen) atoms. The Kier molecular flexibility index (Phi) is 4.79.